The highest BCUT2D eigenvalue weighted by Crippen LogP contribution is 2.29. The molecule has 3 heterocycles. The van der Waals surface area contributed by atoms with Crippen LogP contribution in [0.1, 0.15) is 62.3 Å². The lowest BCUT2D eigenvalue weighted by molar-refractivity contribution is 0.0866. The van der Waals surface area contributed by atoms with Gasteiger partial charge in [0.1, 0.15) is 23.9 Å². The average molecular weight is 457 g/mol. The summed E-state index contributed by atoms with van der Waals surface area (Å²) in [5.41, 5.74) is 1.03. The van der Waals surface area contributed by atoms with E-state index in [0.717, 1.165) is 12.8 Å². The predicted molar refractivity (Wildman–Crippen MR) is 122 cm³/mol. The Morgan fingerprint density at radius 1 is 1.15 bits per heavy atom. The summed E-state index contributed by atoms with van der Waals surface area (Å²) in [5.74, 6) is -1.22. The van der Waals surface area contributed by atoms with Crippen LogP contribution in [0.4, 0.5) is 8.78 Å². The first kappa shape index (κ1) is 23.2. The second kappa shape index (κ2) is 8.41. The van der Waals surface area contributed by atoms with Crippen molar-refractivity contribution in [3.05, 3.63) is 65.1 Å². The maximum absolute atomic E-state index is 14.0. The van der Waals surface area contributed by atoms with Gasteiger partial charge in [0.25, 0.3) is 5.91 Å². The Kier molecular flexibility index (Phi) is 5.90. The second-order valence-corrected chi connectivity index (χ2v) is 10.1. The van der Waals surface area contributed by atoms with Crippen molar-refractivity contribution in [3.8, 4) is 5.75 Å². The summed E-state index contributed by atoms with van der Waals surface area (Å²) >= 11 is 0. The van der Waals surface area contributed by atoms with Crippen molar-refractivity contribution in [2.24, 2.45) is 0 Å². The van der Waals surface area contributed by atoms with Crippen LogP contribution in [0.2, 0.25) is 0 Å². The number of hydrogen-bond donors (Lipinski definition) is 2. The van der Waals surface area contributed by atoms with E-state index in [2.05, 4.69) is 43.3 Å². The minimum Gasteiger partial charge on any atom is -0.485 e. The SMILES string of the molecule is Cc1nc2c(OCc3c(F)cccc3F)cccn2c1C(=O)NC1CC(C)(C)NC(C)(C)C1. The number of piperidine rings is 1. The summed E-state index contributed by atoms with van der Waals surface area (Å²) < 4.78 is 35.3. The number of nitrogens with zero attached hydrogens (tertiary/aromatic N) is 2. The van der Waals surface area contributed by atoms with Crippen molar-refractivity contribution in [2.45, 2.75) is 71.2 Å². The number of ether oxygens (including phenoxy) is 1. The van der Waals surface area contributed by atoms with E-state index in [-0.39, 0.29) is 35.2 Å². The Hall–Kier alpha value is -3.00. The highest BCUT2D eigenvalue weighted by atomic mass is 19.1. The smallest absolute Gasteiger partial charge is 0.270 e. The lowest BCUT2D eigenvalue weighted by Gasteiger charge is -2.46. The van der Waals surface area contributed by atoms with Crippen LogP contribution in [0.15, 0.2) is 36.5 Å². The summed E-state index contributed by atoms with van der Waals surface area (Å²) in [6.07, 6.45) is 3.35. The summed E-state index contributed by atoms with van der Waals surface area (Å²) in [6.45, 7) is 10.0. The molecule has 1 amide bonds. The van der Waals surface area contributed by atoms with Crippen LogP contribution in [-0.4, -0.2) is 32.4 Å². The summed E-state index contributed by atoms with van der Waals surface area (Å²) in [7, 11) is 0. The Bertz CT molecular complexity index is 1170. The third-order valence-electron chi connectivity index (χ3n) is 5.96. The van der Waals surface area contributed by atoms with Gasteiger partial charge in [0.2, 0.25) is 0 Å². The number of pyridine rings is 1. The van der Waals surface area contributed by atoms with Crippen LogP contribution in [0.3, 0.4) is 0 Å². The van der Waals surface area contributed by atoms with E-state index in [1.807, 2.05) is 0 Å². The number of aryl methyl sites for hydroxylation is 1. The first-order valence-corrected chi connectivity index (χ1v) is 11.1. The van der Waals surface area contributed by atoms with Crippen molar-refractivity contribution in [1.82, 2.24) is 20.0 Å². The number of carbonyl (C=O) groups excluding carboxylic acids is 1. The average Bonchev–Trinajstić information content (AvgIpc) is 3.01. The van der Waals surface area contributed by atoms with E-state index in [1.54, 1.807) is 29.7 Å². The third-order valence-corrected chi connectivity index (χ3v) is 5.96. The summed E-state index contributed by atoms with van der Waals surface area (Å²) in [5, 5.41) is 6.79. The van der Waals surface area contributed by atoms with Crippen molar-refractivity contribution < 1.29 is 18.3 Å². The fourth-order valence-corrected chi connectivity index (χ4v) is 5.04. The largest absolute Gasteiger partial charge is 0.485 e. The summed E-state index contributed by atoms with van der Waals surface area (Å²) in [6, 6.07) is 7.08. The maximum Gasteiger partial charge on any atom is 0.270 e. The number of benzene rings is 1. The lowest BCUT2D eigenvalue weighted by atomic mass is 9.79. The quantitative estimate of drug-likeness (QED) is 0.592. The normalized spacial score (nSPS) is 17.8. The van der Waals surface area contributed by atoms with Gasteiger partial charge in [-0.25, -0.2) is 13.8 Å². The third kappa shape index (κ3) is 4.85. The van der Waals surface area contributed by atoms with Gasteiger partial charge in [-0.15, -0.1) is 0 Å². The molecule has 2 aromatic heterocycles. The van der Waals surface area contributed by atoms with E-state index in [9.17, 15) is 13.6 Å². The zero-order chi connectivity index (χ0) is 24.0. The summed E-state index contributed by atoms with van der Waals surface area (Å²) in [4.78, 5) is 17.8. The molecule has 0 radical (unpaired) electrons. The van der Waals surface area contributed by atoms with E-state index in [1.165, 1.54) is 18.2 Å². The number of rotatable bonds is 5. The van der Waals surface area contributed by atoms with Crippen molar-refractivity contribution in [2.75, 3.05) is 0 Å². The molecule has 1 aliphatic rings. The van der Waals surface area contributed by atoms with Gasteiger partial charge < -0.3 is 15.4 Å². The molecule has 176 valence electrons. The number of halogens is 2. The van der Waals surface area contributed by atoms with Crippen LogP contribution in [0, 0.1) is 18.6 Å². The monoisotopic (exact) mass is 456 g/mol. The number of nitrogens with one attached hydrogen (secondary N) is 2. The molecule has 0 spiro atoms. The van der Waals surface area contributed by atoms with Gasteiger partial charge in [-0.05, 0) is 71.7 Å². The molecule has 1 aromatic carbocycles. The van der Waals surface area contributed by atoms with Gasteiger partial charge in [0.05, 0.1) is 11.3 Å². The Balaban J connectivity index is 1.58. The second-order valence-electron chi connectivity index (χ2n) is 10.1. The molecule has 6 nitrogen and oxygen atoms in total. The van der Waals surface area contributed by atoms with Crippen molar-refractivity contribution in [3.63, 3.8) is 0 Å². The van der Waals surface area contributed by atoms with E-state index in [4.69, 9.17) is 4.74 Å². The molecule has 1 saturated heterocycles. The highest BCUT2D eigenvalue weighted by molar-refractivity contribution is 5.95. The number of fused-ring (bicyclic) bond motifs is 1. The van der Waals surface area contributed by atoms with E-state index >= 15 is 0 Å². The number of aromatic nitrogens is 2. The van der Waals surface area contributed by atoms with Crippen molar-refractivity contribution >= 4 is 11.6 Å². The molecule has 0 saturated carbocycles. The zero-order valence-electron chi connectivity index (χ0n) is 19.6. The van der Waals surface area contributed by atoms with Gasteiger partial charge >= 0.3 is 0 Å². The fraction of sp³-hybridized carbons (Fsp3) is 0.440. The minimum absolute atomic E-state index is 0.0113. The van der Waals surface area contributed by atoms with E-state index < -0.39 is 11.6 Å². The Labute approximate surface area is 192 Å². The molecule has 0 bridgehead atoms. The molecule has 1 aliphatic heterocycles. The van der Waals surface area contributed by atoms with Crippen LogP contribution in [-0.2, 0) is 6.61 Å². The standard InChI is InChI=1S/C25H30F2N4O2/c1-15-21(23(32)29-16-12-24(2,3)30-25(4,5)13-16)31-11-7-10-20(22(31)28-15)33-14-17-18(26)8-6-9-19(17)27/h6-11,16,30H,12-14H2,1-5H3,(H,29,32). The molecule has 0 atom stereocenters. The number of hydrogen-bond acceptors (Lipinski definition) is 4. The Morgan fingerprint density at radius 2 is 1.79 bits per heavy atom. The predicted octanol–water partition coefficient (Wildman–Crippen LogP) is 4.54. The van der Waals surface area contributed by atoms with Gasteiger partial charge in [-0.1, -0.05) is 6.07 Å². The van der Waals surface area contributed by atoms with Gasteiger partial charge in [-0.2, -0.15) is 0 Å². The lowest BCUT2D eigenvalue weighted by Crippen LogP contribution is -2.62. The van der Waals surface area contributed by atoms with Crippen LogP contribution < -0.4 is 15.4 Å². The van der Waals surface area contributed by atoms with Gasteiger partial charge in [0.15, 0.2) is 11.4 Å². The molecule has 1 fully saturated rings. The molecule has 4 rings (SSSR count). The number of amides is 1. The number of imidazole rings is 1. The highest BCUT2D eigenvalue weighted by Gasteiger charge is 2.38. The van der Waals surface area contributed by atoms with Crippen LogP contribution in [0.5, 0.6) is 5.75 Å². The van der Waals surface area contributed by atoms with Gasteiger partial charge in [0, 0.05) is 23.3 Å². The molecule has 33 heavy (non-hydrogen) atoms. The van der Waals surface area contributed by atoms with E-state index in [0.29, 0.717) is 22.8 Å². The molecule has 3 aromatic rings. The van der Waals surface area contributed by atoms with Crippen LogP contribution >= 0.6 is 0 Å². The van der Waals surface area contributed by atoms with Crippen molar-refractivity contribution in [1.29, 1.82) is 0 Å². The maximum atomic E-state index is 14.0. The molecule has 8 heteroatoms. The first-order valence-electron chi connectivity index (χ1n) is 11.1. The Morgan fingerprint density at radius 3 is 2.42 bits per heavy atom. The molecular formula is C25H30F2N4O2. The molecule has 2 N–H and O–H groups in total. The molecular weight excluding hydrogens is 426 g/mol. The fourth-order valence-electron chi connectivity index (χ4n) is 5.04. The topological polar surface area (TPSA) is 67.7 Å². The first-order chi connectivity index (χ1) is 15.5. The molecule has 0 aliphatic carbocycles. The van der Waals surface area contributed by atoms with Crippen LogP contribution in [0.25, 0.3) is 5.65 Å². The number of carbonyl (C=O) groups is 1. The zero-order valence-corrected chi connectivity index (χ0v) is 19.6. The van der Waals surface area contributed by atoms with Gasteiger partial charge in [-0.3, -0.25) is 9.20 Å². The minimum atomic E-state index is -0.672. The molecule has 0 unspecified atom stereocenters.